The van der Waals surface area contributed by atoms with Crippen molar-refractivity contribution in [2.45, 2.75) is 19.5 Å². The fraction of sp³-hybridized carbons (Fsp3) is 0.200. The molecule has 3 aromatic rings. The SMILES string of the molecule is Fc1ccc(CN2CCc3nc(-c4ccccc4)ncc3C2)c(Cl)c1. The highest BCUT2D eigenvalue weighted by molar-refractivity contribution is 6.31. The van der Waals surface area contributed by atoms with E-state index < -0.39 is 0 Å². The zero-order chi connectivity index (χ0) is 17.2. The molecule has 2 aromatic carbocycles. The molecule has 0 amide bonds. The Bertz CT molecular complexity index is 899. The van der Waals surface area contributed by atoms with E-state index in [2.05, 4.69) is 9.88 Å². The predicted molar refractivity (Wildman–Crippen MR) is 96.7 cm³/mol. The minimum Gasteiger partial charge on any atom is -0.294 e. The van der Waals surface area contributed by atoms with Crippen molar-refractivity contribution in [1.29, 1.82) is 0 Å². The monoisotopic (exact) mass is 353 g/mol. The van der Waals surface area contributed by atoms with E-state index in [1.165, 1.54) is 12.1 Å². The van der Waals surface area contributed by atoms with Gasteiger partial charge in [0.05, 0.1) is 5.69 Å². The second-order valence-corrected chi connectivity index (χ2v) is 6.64. The van der Waals surface area contributed by atoms with Gasteiger partial charge in [-0.2, -0.15) is 0 Å². The summed E-state index contributed by atoms with van der Waals surface area (Å²) in [6.45, 7) is 2.36. The molecule has 0 saturated carbocycles. The average molecular weight is 354 g/mol. The van der Waals surface area contributed by atoms with Crippen molar-refractivity contribution >= 4 is 11.6 Å². The Hall–Kier alpha value is -2.30. The molecule has 0 saturated heterocycles. The molecule has 126 valence electrons. The van der Waals surface area contributed by atoms with Crippen LogP contribution in [0.15, 0.2) is 54.7 Å². The van der Waals surface area contributed by atoms with E-state index in [-0.39, 0.29) is 5.82 Å². The van der Waals surface area contributed by atoms with Crippen LogP contribution in [-0.2, 0) is 19.5 Å². The van der Waals surface area contributed by atoms with Crippen LogP contribution in [0.3, 0.4) is 0 Å². The van der Waals surface area contributed by atoms with Gasteiger partial charge in [-0.3, -0.25) is 4.90 Å². The lowest BCUT2D eigenvalue weighted by molar-refractivity contribution is 0.243. The number of hydrogen-bond acceptors (Lipinski definition) is 3. The van der Waals surface area contributed by atoms with E-state index in [1.807, 2.05) is 36.5 Å². The molecular weight excluding hydrogens is 337 g/mol. The van der Waals surface area contributed by atoms with Crippen molar-refractivity contribution < 1.29 is 4.39 Å². The minimum absolute atomic E-state index is 0.306. The molecule has 0 bridgehead atoms. The standard InChI is InChI=1S/C20H17ClFN3/c21-18-10-17(22)7-6-15(18)12-25-9-8-19-16(13-25)11-23-20(24-19)14-4-2-1-3-5-14/h1-7,10-11H,8-9,12-13H2. The number of fused-ring (bicyclic) bond motifs is 1. The molecular formula is C20H17ClFN3. The van der Waals surface area contributed by atoms with E-state index >= 15 is 0 Å². The molecule has 1 aliphatic heterocycles. The van der Waals surface area contributed by atoms with Crippen LogP contribution in [0.25, 0.3) is 11.4 Å². The third kappa shape index (κ3) is 3.55. The van der Waals surface area contributed by atoms with Crippen LogP contribution in [0, 0.1) is 5.82 Å². The largest absolute Gasteiger partial charge is 0.294 e. The van der Waals surface area contributed by atoms with Crippen molar-refractivity contribution in [3.8, 4) is 11.4 Å². The number of nitrogens with zero attached hydrogens (tertiary/aromatic N) is 3. The van der Waals surface area contributed by atoms with Crippen LogP contribution in [0.2, 0.25) is 5.02 Å². The Balaban J connectivity index is 1.52. The Morgan fingerprint density at radius 2 is 1.96 bits per heavy atom. The molecule has 0 radical (unpaired) electrons. The van der Waals surface area contributed by atoms with Gasteiger partial charge in [0.15, 0.2) is 5.82 Å². The number of hydrogen-bond donors (Lipinski definition) is 0. The molecule has 0 N–H and O–H groups in total. The summed E-state index contributed by atoms with van der Waals surface area (Å²) < 4.78 is 13.2. The summed E-state index contributed by atoms with van der Waals surface area (Å²) in [6.07, 6.45) is 2.79. The first-order valence-corrected chi connectivity index (χ1v) is 8.63. The van der Waals surface area contributed by atoms with Gasteiger partial charge in [-0.25, -0.2) is 14.4 Å². The summed E-state index contributed by atoms with van der Waals surface area (Å²) >= 11 is 6.15. The zero-order valence-electron chi connectivity index (χ0n) is 13.6. The maximum absolute atomic E-state index is 13.2. The number of benzene rings is 2. The maximum atomic E-state index is 13.2. The molecule has 4 rings (SSSR count). The zero-order valence-corrected chi connectivity index (χ0v) is 14.4. The highest BCUT2D eigenvalue weighted by Gasteiger charge is 2.19. The lowest BCUT2D eigenvalue weighted by Crippen LogP contribution is -2.31. The molecule has 2 heterocycles. The van der Waals surface area contributed by atoms with Gasteiger partial charge >= 0.3 is 0 Å². The van der Waals surface area contributed by atoms with E-state index in [1.54, 1.807) is 6.07 Å². The molecule has 1 aromatic heterocycles. The molecule has 0 atom stereocenters. The van der Waals surface area contributed by atoms with Crippen molar-refractivity contribution in [3.05, 3.63) is 82.4 Å². The summed E-state index contributed by atoms with van der Waals surface area (Å²) in [4.78, 5) is 11.5. The molecule has 0 unspecified atom stereocenters. The number of rotatable bonds is 3. The summed E-state index contributed by atoms with van der Waals surface area (Å²) in [5, 5.41) is 0.474. The minimum atomic E-state index is -0.306. The maximum Gasteiger partial charge on any atom is 0.159 e. The van der Waals surface area contributed by atoms with Crippen LogP contribution in [0.4, 0.5) is 4.39 Å². The van der Waals surface area contributed by atoms with Crippen LogP contribution in [0.5, 0.6) is 0 Å². The van der Waals surface area contributed by atoms with E-state index in [4.69, 9.17) is 16.6 Å². The highest BCUT2D eigenvalue weighted by Crippen LogP contribution is 2.24. The quantitative estimate of drug-likeness (QED) is 0.694. The van der Waals surface area contributed by atoms with Gasteiger partial charge in [-0.1, -0.05) is 48.0 Å². The Labute approximate surface area is 151 Å². The summed E-state index contributed by atoms with van der Waals surface area (Å²) in [6, 6.07) is 14.6. The second-order valence-electron chi connectivity index (χ2n) is 6.23. The van der Waals surface area contributed by atoms with Crippen molar-refractivity contribution in [3.63, 3.8) is 0 Å². The average Bonchev–Trinajstić information content (AvgIpc) is 2.64. The van der Waals surface area contributed by atoms with Gasteiger partial charge in [-0.15, -0.1) is 0 Å². The fourth-order valence-electron chi connectivity index (χ4n) is 3.13. The van der Waals surface area contributed by atoms with Crippen LogP contribution >= 0.6 is 11.6 Å². The number of halogens is 2. The summed E-state index contributed by atoms with van der Waals surface area (Å²) in [7, 11) is 0. The van der Waals surface area contributed by atoms with Gasteiger partial charge in [0.25, 0.3) is 0 Å². The fourth-order valence-corrected chi connectivity index (χ4v) is 3.35. The summed E-state index contributed by atoms with van der Waals surface area (Å²) in [5.74, 6) is 0.467. The first kappa shape index (κ1) is 16.2. The summed E-state index contributed by atoms with van der Waals surface area (Å²) in [5.41, 5.74) is 4.22. The van der Waals surface area contributed by atoms with Crippen LogP contribution in [-0.4, -0.2) is 21.4 Å². The van der Waals surface area contributed by atoms with Crippen molar-refractivity contribution in [2.75, 3.05) is 6.54 Å². The molecule has 0 fully saturated rings. The van der Waals surface area contributed by atoms with E-state index in [9.17, 15) is 4.39 Å². The Morgan fingerprint density at radius 3 is 2.76 bits per heavy atom. The van der Waals surface area contributed by atoms with E-state index in [0.717, 1.165) is 47.7 Å². The smallest absolute Gasteiger partial charge is 0.159 e. The van der Waals surface area contributed by atoms with Gasteiger partial charge < -0.3 is 0 Å². The van der Waals surface area contributed by atoms with E-state index in [0.29, 0.717) is 11.6 Å². The Morgan fingerprint density at radius 1 is 1.12 bits per heavy atom. The van der Waals surface area contributed by atoms with Crippen LogP contribution in [0.1, 0.15) is 16.8 Å². The first-order chi connectivity index (χ1) is 12.2. The normalized spacial score (nSPS) is 14.3. The van der Waals surface area contributed by atoms with Gasteiger partial charge in [0, 0.05) is 48.4 Å². The van der Waals surface area contributed by atoms with Crippen molar-refractivity contribution in [2.24, 2.45) is 0 Å². The third-order valence-electron chi connectivity index (χ3n) is 4.45. The molecule has 0 aliphatic carbocycles. The molecule has 1 aliphatic rings. The van der Waals surface area contributed by atoms with Gasteiger partial charge in [0.2, 0.25) is 0 Å². The first-order valence-electron chi connectivity index (χ1n) is 8.25. The Kier molecular flexibility index (Phi) is 4.47. The molecule has 25 heavy (non-hydrogen) atoms. The molecule has 0 spiro atoms. The molecule has 3 nitrogen and oxygen atoms in total. The van der Waals surface area contributed by atoms with Gasteiger partial charge in [-0.05, 0) is 17.7 Å². The third-order valence-corrected chi connectivity index (χ3v) is 4.81. The lowest BCUT2D eigenvalue weighted by Gasteiger charge is -2.28. The highest BCUT2D eigenvalue weighted by atomic mass is 35.5. The van der Waals surface area contributed by atoms with Gasteiger partial charge in [0.1, 0.15) is 5.82 Å². The van der Waals surface area contributed by atoms with Crippen LogP contribution < -0.4 is 0 Å². The lowest BCUT2D eigenvalue weighted by atomic mass is 10.1. The number of aromatic nitrogens is 2. The second kappa shape index (κ2) is 6.90. The van der Waals surface area contributed by atoms with Crippen molar-refractivity contribution in [1.82, 2.24) is 14.9 Å². The topological polar surface area (TPSA) is 29.0 Å². The predicted octanol–water partition coefficient (Wildman–Crippen LogP) is 4.49. The molecule has 5 heteroatoms.